The van der Waals surface area contributed by atoms with Gasteiger partial charge in [-0.05, 0) is 19.9 Å². The van der Waals surface area contributed by atoms with Gasteiger partial charge < -0.3 is 23.9 Å². The molecule has 0 radical (unpaired) electrons. The Bertz CT molecular complexity index is 919. The van der Waals surface area contributed by atoms with E-state index in [0.717, 1.165) is 6.07 Å². The number of carboxylic acid groups (broad SMARTS) is 1. The lowest BCUT2D eigenvalue weighted by Gasteiger charge is -2.17. The summed E-state index contributed by atoms with van der Waals surface area (Å²) in [6.45, 7) is 3.44. The monoisotopic (exact) mass is 392 g/mol. The van der Waals surface area contributed by atoms with Gasteiger partial charge in [0, 0.05) is 13.1 Å². The van der Waals surface area contributed by atoms with E-state index in [1.807, 2.05) is 0 Å². The van der Waals surface area contributed by atoms with Crippen LogP contribution in [0.2, 0.25) is 0 Å². The van der Waals surface area contributed by atoms with Crippen molar-refractivity contribution in [2.75, 3.05) is 20.8 Å². The van der Waals surface area contributed by atoms with Gasteiger partial charge in [0.15, 0.2) is 11.5 Å². The summed E-state index contributed by atoms with van der Waals surface area (Å²) in [5.41, 5.74) is -0.623. The van der Waals surface area contributed by atoms with E-state index in [2.05, 4.69) is 0 Å². The molecular formula is C18H20N2O8. The van der Waals surface area contributed by atoms with Crippen LogP contribution in [0.3, 0.4) is 0 Å². The maximum atomic E-state index is 12.8. The lowest BCUT2D eigenvalue weighted by Crippen LogP contribution is -2.26. The number of hydrogen-bond acceptors (Lipinski definition) is 7. The molecule has 0 bridgehead atoms. The molecule has 2 aromatic rings. The molecule has 0 aliphatic carbocycles. The van der Waals surface area contributed by atoms with Crippen molar-refractivity contribution in [3.05, 3.63) is 51.0 Å². The van der Waals surface area contributed by atoms with Gasteiger partial charge >= 0.3 is 5.97 Å². The van der Waals surface area contributed by atoms with Gasteiger partial charge in [-0.15, -0.1) is 0 Å². The van der Waals surface area contributed by atoms with E-state index in [4.69, 9.17) is 19.0 Å². The third kappa shape index (κ3) is 4.22. The maximum Gasteiger partial charge on any atom is 0.339 e. The summed E-state index contributed by atoms with van der Waals surface area (Å²) < 4.78 is 15.8. The Morgan fingerprint density at radius 2 is 1.93 bits per heavy atom. The fourth-order valence-electron chi connectivity index (χ4n) is 2.64. The highest BCUT2D eigenvalue weighted by atomic mass is 16.6. The first-order valence-electron chi connectivity index (χ1n) is 8.26. The van der Waals surface area contributed by atoms with E-state index in [-0.39, 0.29) is 47.3 Å². The molecule has 10 nitrogen and oxygen atoms in total. The molecule has 0 fully saturated rings. The second kappa shape index (κ2) is 8.42. The molecule has 2 rings (SSSR count). The normalized spacial score (nSPS) is 10.4. The van der Waals surface area contributed by atoms with Crippen molar-refractivity contribution in [3.8, 4) is 11.5 Å². The molecule has 0 saturated heterocycles. The van der Waals surface area contributed by atoms with Gasteiger partial charge in [-0.1, -0.05) is 0 Å². The number of nitro benzene ring substituents is 1. The first-order chi connectivity index (χ1) is 13.2. The number of furan rings is 1. The van der Waals surface area contributed by atoms with Crippen molar-refractivity contribution in [2.45, 2.75) is 20.4 Å². The summed E-state index contributed by atoms with van der Waals surface area (Å²) in [6, 6.07) is 3.70. The number of carboxylic acids is 1. The number of carbonyl (C=O) groups excluding carboxylic acids is 1. The predicted molar refractivity (Wildman–Crippen MR) is 97.0 cm³/mol. The van der Waals surface area contributed by atoms with Crippen molar-refractivity contribution >= 4 is 17.6 Å². The van der Waals surface area contributed by atoms with E-state index in [1.54, 1.807) is 6.92 Å². The van der Waals surface area contributed by atoms with Crippen LogP contribution in [0, 0.1) is 17.0 Å². The average Bonchev–Trinajstić information content (AvgIpc) is 3.01. The van der Waals surface area contributed by atoms with Crippen LogP contribution in [0.5, 0.6) is 11.5 Å². The van der Waals surface area contributed by atoms with Crippen LogP contribution >= 0.6 is 0 Å². The highest BCUT2D eigenvalue weighted by Gasteiger charge is 2.27. The van der Waals surface area contributed by atoms with Gasteiger partial charge in [0.1, 0.15) is 22.6 Å². The highest BCUT2D eigenvalue weighted by Crippen LogP contribution is 2.35. The van der Waals surface area contributed by atoms with Crippen molar-refractivity contribution < 1.29 is 33.5 Å². The summed E-state index contributed by atoms with van der Waals surface area (Å²) in [5, 5.41) is 20.5. The average molecular weight is 392 g/mol. The highest BCUT2D eigenvalue weighted by molar-refractivity contribution is 5.99. The summed E-state index contributed by atoms with van der Waals surface area (Å²) in [5.74, 6) is -1.01. The number of ether oxygens (including phenoxy) is 2. The van der Waals surface area contributed by atoms with Crippen LogP contribution in [0.4, 0.5) is 5.69 Å². The molecule has 1 aromatic heterocycles. The number of methoxy groups -OCH3 is 1. The van der Waals surface area contributed by atoms with Crippen molar-refractivity contribution in [2.24, 2.45) is 0 Å². The van der Waals surface area contributed by atoms with E-state index in [9.17, 15) is 19.7 Å². The second-order valence-electron chi connectivity index (χ2n) is 5.86. The van der Waals surface area contributed by atoms with E-state index >= 15 is 0 Å². The standard InChI is InChI=1S/C18H20N2O8/c1-5-27-16-7-13(14(20(24)25)8-15(16)26-4)17(21)19(3)9-11-6-12(18(22)23)10(2)28-11/h6-8H,5,9H2,1-4H3,(H,22,23). The van der Waals surface area contributed by atoms with E-state index < -0.39 is 22.5 Å². The Balaban J connectivity index is 2.38. The number of hydrogen-bond donors (Lipinski definition) is 1. The largest absolute Gasteiger partial charge is 0.493 e. The number of aromatic carboxylic acids is 1. The van der Waals surface area contributed by atoms with Gasteiger partial charge in [-0.3, -0.25) is 14.9 Å². The Kier molecular flexibility index (Phi) is 6.24. The number of nitrogens with zero attached hydrogens (tertiary/aromatic N) is 2. The zero-order chi connectivity index (χ0) is 21.0. The first kappa shape index (κ1) is 20.7. The lowest BCUT2D eigenvalue weighted by atomic mass is 10.1. The number of carbonyl (C=O) groups is 2. The Labute approximate surface area is 160 Å². The molecule has 150 valence electrons. The molecule has 0 atom stereocenters. The molecule has 28 heavy (non-hydrogen) atoms. The predicted octanol–water partition coefficient (Wildman–Crippen LogP) is 2.87. The molecule has 0 aliphatic rings. The van der Waals surface area contributed by atoms with Crippen LogP contribution in [-0.2, 0) is 6.54 Å². The van der Waals surface area contributed by atoms with Gasteiger partial charge in [0.25, 0.3) is 11.6 Å². The van der Waals surface area contributed by atoms with Crippen LogP contribution in [0.1, 0.15) is 39.2 Å². The van der Waals surface area contributed by atoms with Crippen molar-refractivity contribution in [1.82, 2.24) is 4.90 Å². The lowest BCUT2D eigenvalue weighted by molar-refractivity contribution is -0.385. The molecule has 0 unspecified atom stereocenters. The summed E-state index contributed by atoms with van der Waals surface area (Å²) in [7, 11) is 2.77. The minimum Gasteiger partial charge on any atom is -0.493 e. The zero-order valence-electron chi connectivity index (χ0n) is 15.8. The van der Waals surface area contributed by atoms with Gasteiger partial charge in [-0.25, -0.2) is 4.79 Å². The van der Waals surface area contributed by atoms with Crippen LogP contribution in [0.25, 0.3) is 0 Å². The van der Waals surface area contributed by atoms with E-state index in [1.165, 1.54) is 38.1 Å². The number of rotatable bonds is 8. The third-order valence-corrected chi connectivity index (χ3v) is 3.95. The van der Waals surface area contributed by atoms with Gasteiger partial charge in [-0.2, -0.15) is 0 Å². The summed E-state index contributed by atoms with van der Waals surface area (Å²) >= 11 is 0. The molecular weight excluding hydrogens is 372 g/mol. The molecule has 1 heterocycles. The summed E-state index contributed by atoms with van der Waals surface area (Å²) in [6.07, 6.45) is 0. The van der Waals surface area contributed by atoms with Crippen LogP contribution in [0.15, 0.2) is 22.6 Å². The second-order valence-corrected chi connectivity index (χ2v) is 5.86. The van der Waals surface area contributed by atoms with Gasteiger partial charge in [0.05, 0.1) is 31.3 Å². The fraction of sp³-hybridized carbons (Fsp3) is 0.333. The quantitative estimate of drug-likeness (QED) is 0.536. The van der Waals surface area contributed by atoms with Crippen molar-refractivity contribution in [3.63, 3.8) is 0 Å². The minimum absolute atomic E-state index is 0.00934. The number of benzene rings is 1. The van der Waals surface area contributed by atoms with Gasteiger partial charge in [0.2, 0.25) is 0 Å². The molecule has 10 heteroatoms. The SMILES string of the molecule is CCOc1cc(C(=O)N(C)Cc2cc(C(=O)O)c(C)o2)c([N+](=O)[O-])cc1OC. The molecule has 0 aliphatic heterocycles. The molecule has 1 N–H and O–H groups in total. The molecule has 1 aromatic carbocycles. The number of nitro groups is 1. The maximum absolute atomic E-state index is 12.8. The third-order valence-electron chi connectivity index (χ3n) is 3.95. The minimum atomic E-state index is -1.14. The molecule has 0 spiro atoms. The molecule has 0 saturated carbocycles. The Morgan fingerprint density at radius 3 is 2.43 bits per heavy atom. The first-order valence-corrected chi connectivity index (χ1v) is 8.26. The smallest absolute Gasteiger partial charge is 0.339 e. The van der Waals surface area contributed by atoms with Crippen LogP contribution < -0.4 is 9.47 Å². The van der Waals surface area contributed by atoms with E-state index in [0.29, 0.717) is 0 Å². The number of aryl methyl sites for hydroxylation is 1. The zero-order valence-corrected chi connectivity index (χ0v) is 15.8. The number of amides is 1. The Hall–Kier alpha value is -3.56. The fourth-order valence-corrected chi connectivity index (χ4v) is 2.64. The topological polar surface area (TPSA) is 132 Å². The van der Waals surface area contributed by atoms with Crippen molar-refractivity contribution in [1.29, 1.82) is 0 Å². The summed E-state index contributed by atoms with van der Waals surface area (Å²) in [4.78, 5) is 35.9. The Morgan fingerprint density at radius 1 is 1.25 bits per heavy atom. The van der Waals surface area contributed by atoms with Crippen LogP contribution in [-0.4, -0.2) is 47.6 Å². The molecule has 1 amide bonds.